The Morgan fingerprint density at radius 3 is 2.92 bits per heavy atom. The number of nitrogens with one attached hydrogen (secondary N) is 2. The molecule has 2 aromatic rings. The lowest BCUT2D eigenvalue weighted by molar-refractivity contribution is 0.224. The highest BCUT2D eigenvalue weighted by molar-refractivity contribution is 5.74. The fourth-order valence-electron chi connectivity index (χ4n) is 3.17. The van der Waals surface area contributed by atoms with Gasteiger partial charge in [0.05, 0.1) is 17.8 Å². The van der Waals surface area contributed by atoms with Crippen LogP contribution in [0.5, 0.6) is 0 Å². The smallest absolute Gasteiger partial charge is 0.315 e. The minimum atomic E-state index is -0.191. The van der Waals surface area contributed by atoms with E-state index < -0.39 is 0 Å². The third kappa shape index (κ3) is 3.97. The molecule has 0 aliphatic carbocycles. The number of aromatic nitrogens is 4. The Bertz CT molecular complexity index is 712. The topological polar surface area (TPSA) is 84.7 Å². The average molecular weight is 342 g/mol. The summed E-state index contributed by atoms with van der Waals surface area (Å²) in [6.45, 7) is 7.05. The lowest BCUT2D eigenvalue weighted by Gasteiger charge is -2.26. The maximum atomic E-state index is 12.6. The molecule has 7 heteroatoms. The number of amides is 2. The van der Waals surface area contributed by atoms with Crippen LogP contribution in [0.3, 0.4) is 0 Å². The monoisotopic (exact) mass is 342 g/mol. The Morgan fingerprint density at radius 2 is 2.24 bits per heavy atom. The predicted molar refractivity (Wildman–Crippen MR) is 94.9 cm³/mol. The van der Waals surface area contributed by atoms with Crippen LogP contribution in [0.1, 0.15) is 63.0 Å². The van der Waals surface area contributed by atoms with Crippen LogP contribution in [0.2, 0.25) is 0 Å². The van der Waals surface area contributed by atoms with Crippen molar-refractivity contribution >= 4 is 6.03 Å². The molecule has 0 saturated carbocycles. The van der Waals surface area contributed by atoms with Crippen LogP contribution in [0.15, 0.2) is 24.4 Å². The minimum absolute atomic E-state index is 0.0990. The largest absolute Gasteiger partial charge is 0.330 e. The molecule has 0 unspecified atom stereocenters. The summed E-state index contributed by atoms with van der Waals surface area (Å²) in [6, 6.07) is 5.33. The summed E-state index contributed by atoms with van der Waals surface area (Å²) < 4.78 is 1.92. The van der Waals surface area contributed by atoms with Crippen molar-refractivity contribution in [2.75, 3.05) is 0 Å². The van der Waals surface area contributed by atoms with Crippen molar-refractivity contribution in [3.8, 4) is 0 Å². The van der Waals surface area contributed by atoms with Gasteiger partial charge in [-0.2, -0.15) is 5.10 Å². The fourth-order valence-corrected chi connectivity index (χ4v) is 3.17. The number of hydrogen-bond donors (Lipinski definition) is 2. The van der Waals surface area contributed by atoms with Gasteiger partial charge in [0.15, 0.2) is 5.82 Å². The van der Waals surface area contributed by atoms with Crippen LogP contribution in [0.25, 0.3) is 0 Å². The first-order chi connectivity index (χ1) is 12.1. The van der Waals surface area contributed by atoms with Gasteiger partial charge in [-0.3, -0.25) is 4.98 Å². The summed E-state index contributed by atoms with van der Waals surface area (Å²) in [5.74, 6) is 1.93. The van der Waals surface area contributed by atoms with Gasteiger partial charge in [-0.05, 0) is 30.9 Å². The van der Waals surface area contributed by atoms with Gasteiger partial charge in [-0.1, -0.05) is 26.8 Å². The van der Waals surface area contributed by atoms with E-state index in [0.717, 1.165) is 43.1 Å². The van der Waals surface area contributed by atoms with Gasteiger partial charge < -0.3 is 10.6 Å². The molecule has 2 N–H and O–H groups in total. The molecule has 2 amide bonds. The highest BCUT2D eigenvalue weighted by Gasteiger charge is 2.27. The first-order valence-electron chi connectivity index (χ1n) is 9.00. The molecule has 0 radical (unpaired) electrons. The number of hydrogen-bond acceptors (Lipinski definition) is 4. The van der Waals surface area contributed by atoms with Crippen molar-refractivity contribution in [3.05, 3.63) is 41.7 Å². The summed E-state index contributed by atoms with van der Waals surface area (Å²) in [6.07, 6.45) is 4.41. The molecule has 7 nitrogen and oxygen atoms in total. The summed E-state index contributed by atoms with van der Waals surface area (Å²) >= 11 is 0. The SMILES string of the molecule is CCc1nc2n(n1)CCC[C@@H]2NC(=O)N[C@H](c1ccccn1)C(C)C. The van der Waals surface area contributed by atoms with E-state index in [-0.39, 0.29) is 24.0 Å². The Kier molecular flexibility index (Phi) is 5.31. The van der Waals surface area contributed by atoms with E-state index >= 15 is 0 Å². The highest BCUT2D eigenvalue weighted by Crippen LogP contribution is 2.24. The lowest BCUT2D eigenvalue weighted by atomic mass is 10.0. The molecule has 0 spiro atoms. The van der Waals surface area contributed by atoms with Gasteiger partial charge in [-0.15, -0.1) is 0 Å². The maximum absolute atomic E-state index is 12.6. The van der Waals surface area contributed by atoms with Crippen molar-refractivity contribution in [2.45, 2.75) is 58.7 Å². The number of pyridine rings is 1. The molecular weight excluding hydrogens is 316 g/mol. The third-order valence-corrected chi connectivity index (χ3v) is 4.50. The van der Waals surface area contributed by atoms with Gasteiger partial charge in [0.2, 0.25) is 0 Å². The van der Waals surface area contributed by atoms with Crippen molar-refractivity contribution < 1.29 is 4.79 Å². The zero-order chi connectivity index (χ0) is 17.8. The number of aryl methyl sites for hydroxylation is 2. The number of nitrogens with zero attached hydrogens (tertiary/aromatic N) is 4. The molecule has 0 bridgehead atoms. The fraction of sp³-hybridized carbons (Fsp3) is 0.556. The van der Waals surface area contributed by atoms with Gasteiger partial charge in [0, 0.05) is 19.2 Å². The van der Waals surface area contributed by atoms with Gasteiger partial charge in [-0.25, -0.2) is 14.5 Å². The van der Waals surface area contributed by atoms with Gasteiger partial charge in [0.25, 0.3) is 0 Å². The van der Waals surface area contributed by atoms with Crippen molar-refractivity contribution in [1.82, 2.24) is 30.4 Å². The van der Waals surface area contributed by atoms with E-state index in [1.165, 1.54) is 0 Å². The van der Waals surface area contributed by atoms with E-state index in [1.54, 1.807) is 6.20 Å². The molecule has 134 valence electrons. The summed E-state index contributed by atoms with van der Waals surface area (Å²) in [5.41, 5.74) is 0.868. The van der Waals surface area contributed by atoms with Crippen LogP contribution < -0.4 is 10.6 Å². The second-order valence-electron chi connectivity index (χ2n) is 6.75. The molecule has 3 heterocycles. The Labute approximate surface area is 148 Å². The van der Waals surface area contributed by atoms with Crippen molar-refractivity contribution in [1.29, 1.82) is 0 Å². The average Bonchev–Trinajstić information content (AvgIpc) is 3.04. The predicted octanol–water partition coefficient (Wildman–Crippen LogP) is 2.77. The lowest BCUT2D eigenvalue weighted by Crippen LogP contribution is -2.43. The molecule has 0 fully saturated rings. The number of fused-ring (bicyclic) bond motifs is 1. The van der Waals surface area contributed by atoms with E-state index in [9.17, 15) is 4.79 Å². The van der Waals surface area contributed by atoms with Crippen LogP contribution in [-0.4, -0.2) is 25.8 Å². The van der Waals surface area contributed by atoms with Crippen LogP contribution in [0.4, 0.5) is 4.79 Å². The standard InChI is InChI=1S/C18H26N6O/c1-4-15-21-17-14(9-7-11-24(17)23-15)20-18(25)22-16(12(2)3)13-8-5-6-10-19-13/h5-6,8,10,12,14,16H,4,7,9,11H2,1-3H3,(H2,20,22,25)/t14-,16-/m0/s1. The molecule has 3 rings (SSSR count). The summed E-state index contributed by atoms with van der Waals surface area (Å²) in [5, 5.41) is 10.6. The Morgan fingerprint density at radius 1 is 1.40 bits per heavy atom. The number of carbonyl (C=O) groups excluding carboxylic acids is 1. The first-order valence-corrected chi connectivity index (χ1v) is 9.00. The van der Waals surface area contributed by atoms with E-state index in [1.807, 2.05) is 29.8 Å². The van der Waals surface area contributed by atoms with Crippen molar-refractivity contribution in [3.63, 3.8) is 0 Å². The number of rotatable bonds is 5. The second kappa shape index (κ2) is 7.63. The maximum Gasteiger partial charge on any atom is 0.315 e. The summed E-state index contributed by atoms with van der Waals surface area (Å²) in [4.78, 5) is 21.5. The zero-order valence-corrected chi connectivity index (χ0v) is 15.1. The molecule has 2 aromatic heterocycles. The number of carbonyl (C=O) groups is 1. The molecule has 25 heavy (non-hydrogen) atoms. The van der Waals surface area contributed by atoms with Gasteiger partial charge in [0.1, 0.15) is 5.82 Å². The van der Waals surface area contributed by atoms with Crippen molar-refractivity contribution in [2.24, 2.45) is 5.92 Å². The van der Waals surface area contributed by atoms with Crippen LogP contribution in [0, 0.1) is 5.92 Å². The Balaban J connectivity index is 1.69. The normalized spacial score (nSPS) is 17.8. The summed E-state index contributed by atoms with van der Waals surface area (Å²) in [7, 11) is 0. The van der Waals surface area contributed by atoms with E-state index in [2.05, 4.69) is 39.5 Å². The molecule has 0 saturated heterocycles. The molecule has 2 atom stereocenters. The highest BCUT2D eigenvalue weighted by atomic mass is 16.2. The van der Waals surface area contributed by atoms with E-state index in [0.29, 0.717) is 0 Å². The minimum Gasteiger partial charge on any atom is -0.330 e. The Hall–Kier alpha value is -2.44. The van der Waals surface area contributed by atoms with Gasteiger partial charge >= 0.3 is 6.03 Å². The molecular formula is C18H26N6O. The van der Waals surface area contributed by atoms with Crippen LogP contribution >= 0.6 is 0 Å². The zero-order valence-electron chi connectivity index (χ0n) is 15.1. The third-order valence-electron chi connectivity index (χ3n) is 4.50. The number of urea groups is 1. The van der Waals surface area contributed by atoms with E-state index in [4.69, 9.17) is 0 Å². The first kappa shape index (κ1) is 17.4. The molecule has 0 aromatic carbocycles. The quantitative estimate of drug-likeness (QED) is 0.875. The molecule has 1 aliphatic heterocycles. The second-order valence-corrected chi connectivity index (χ2v) is 6.75. The molecule has 1 aliphatic rings. The van der Waals surface area contributed by atoms with Crippen LogP contribution in [-0.2, 0) is 13.0 Å².